The Bertz CT molecular complexity index is 378. The van der Waals surface area contributed by atoms with Crippen molar-refractivity contribution in [2.24, 2.45) is 16.8 Å². The monoisotopic (exact) mass is 237 g/mol. The number of hydrogen-bond donors (Lipinski definition) is 1. The SMILES string of the molecule is O=C1C=CC(OCC2CCC(C(=O)O)CC2)=N1. The summed E-state index contributed by atoms with van der Waals surface area (Å²) in [6.07, 6.45) is 6.08. The van der Waals surface area contributed by atoms with Crippen molar-refractivity contribution in [1.29, 1.82) is 0 Å². The van der Waals surface area contributed by atoms with Crippen LogP contribution in [0, 0.1) is 11.8 Å². The van der Waals surface area contributed by atoms with E-state index in [2.05, 4.69) is 4.99 Å². The standard InChI is InChI=1S/C12H15NO4/c14-10-5-6-11(13-10)17-7-8-1-3-9(4-2-8)12(15)16/h5-6,8-9H,1-4,7H2,(H,15,16). The zero-order valence-electron chi connectivity index (χ0n) is 9.46. The van der Waals surface area contributed by atoms with Crippen molar-refractivity contribution in [1.82, 2.24) is 0 Å². The molecule has 2 aliphatic rings. The van der Waals surface area contributed by atoms with Gasteiger partial charge < -0.3 is 9.84 Å². The van der Waals surface area contributed by atoms with Gasteiger partial charge in [-0.25, -0.2) is 0 Å². The van der Waals surface area contributed by atoms with Crippen molar-refractivity contribution >= 4 is 17.8 Å². The first kappa shape index (κ1) is 11.8. The molecule has 0 unspecified atom stereocenters. The summed E-state index contributed by atoms with van der Waals surface area (Å²) >= 11 is 0. The van der Waals surface area contributed by atoms with E-state index in [1.54, 1.807) is 6.08 Å². The lowest BCUT2D eigenvalue weighted by molar-refractivity contribution is -0.143. The van der Waals surface area contributed by atoms with Gasteiger partial charge >= 0.3 is 5.97 Å². The Labute approximate surface area is 99.2 Å². The van der Waals surface area contributed by atoms with Gasteiger partial charge in [-0.1, -0.05) is 0 Å². The zero-order valence-corrected chi connectivity index (χ0v) is 9.46. The minimum Gasteiger partial charge on any atom is -0.481 e. The van der Waals surface area contributed by atoms with E-state index in [9.17, 15) is 9.59 Å². The number of nitrogens with zero attached hydrogens (tertiary/aromatic N) is 1. The first-order valence-electron chi connectivity index (χ1n) is 5.81. The molecule has 2 rings (SSSR count). The van der Waals surface area contributed by atoms with Crippen molar-refractivity contribution in [3.05, 3.63) is 12.2 Å². The number of carboxylic acid groups (broad SMARTS) is 1. The molecule has 92 valence electrons. The average Bonchev–Trinajstić information content (AvgIpc) is 2.73. The Balaban J connectivity index is 1.72. The van der Waals surface area contributed by atoms with Gasteiger partial charge in [-0.15, -0.1) is 0 Å². The van der Waals surface area contributed by atoms with Gasteiger partial charge in [0.15, 0.2) is 0 Å². The minimum atomic E-state index is -0.696. The number of rotatable bonds is 3. The van der Waals surface area contributed by atoms with Crippen LogP contribution < -0.4 is 0 Å². The van der Waals surface area contributed by atoms with E-state index in [-0.39, 0.29) is 11.8 Å². The second-order valence-electron chi connectivity index (χ2n) is 4.49. The van der Waals surface area contributed by atoms with Crippen molar-refractivity contribution < 1.29 is 19.4 Å². The Kier molecular flexibility index (Phi) is 3.56. The van der Waals surface area contributed by atoms with Gasteiger partial charge in [0.2, 0.25) is 5.90 Å². The lowest BCUT2D eigenvalue weighted by Crippen LogP contribution is -2.24. The number of carbonyl (C=O) groups excluding carboxylic acids is 1. The summed E-state index contributed by atoms with van der Waals surface area (Å²) in [6.45, 7) is 0.517. The fourth-order valence-electron chi connectivity index (χ4n) is 2.19. The van der Waals surface area contributed by atoms with Gasteiger partial charge in [-0.3, -0.25) is 9.59 Å². The zero-order chi connectivity index (χ0) is 12.3. The number of ether oxygens (including phenoxy) is 1. The molecule has 1 heterocycles. The Morgan fingerprint density at radius 2 is 2.06 bits per heavy atom. The maximum Gasteiger partial charge on any atom is 0.306 e. The molecule has 5 heteroatoms. The third-order valence-electron chi connectivity index (χ3n) is 3.25. The molecular weight excluding hydrogens is 222 g/mol. The summed E-state index contributed by atoms with van der Waals surface area (Å²) in [5.74, 6) is -0.433. The third-order valence-corrected chi connectivity index (χ3v) is 3.25. The maximum atomic E-state index is 10.8. The van der Waals surface area contributed by atoms with Crippen molar-refractivity contribution in [2.45, 2.75) is 25.7 Å². The highest BCUT2D eigenvalue weighted by molar-refractivity contribution is 6.09. The predicted molar refractivity (Wildman–Crippen MR) is 60.6 cm³/mol. The first-order valence-corrected chi connectivity index (χ1v) is 5.81. The number of aliphatic imine (C=N–C) groups is 1. The molecule has 5 nitrogen and oxygen atoms in total. The normalized spacial score (nSPS) is 28.0. The van der Waals surface area contributed by atoms with Crippen LogP contribution in [0.15, 0.2) is 17.1 Å². The predicted octanol–water partition coefficient (Wildman–Crippen LogP) is 1.39. The summed E-state index contributed by atoms with van der Waals surface area (Å²) < 4.78 is 5.40. The van der Waals surface area contributed by atoms with E-state index in [1.807, 2.05) is 0 Å². The van der Waals surface area contributed by atoms with Crippen LogP contribution in [0.25, 0.3) is 0 Å². The van der Waals surface area contributed by atoms with Crippen LogP contribution in [0.3, 0.4) is 0 Å². The van der Waals surface area contributed by atoms with Crippen molar-refractivity contribution in [3.63, 3.8) is 0 Å². The summed E-state index contributed by atoms with van der Waals surface area (Å²) in [5.41, 5.74) is 0. The van der Waals surface area contributed by atoms with Gasteiger partial charge in [0.1, 0.15) is 0 Å². The van der Waals surface area contributed by atoms with Gasteiger partial charge in [-0.2, -0.15) is 4.99 Å². The van der Waals surface area contributed by atoms with Crippen LogP contribution in [0.5, 0.6) is 0 Å². The number of hydrogen-bond acceptors (Lipinski definition) is 3. The van der Waals surface area contributed by atoms with E-state index < -0.39 is 5.97 Å². The molecule has 0 aromatic carbocycles. The summed E-state index contributed by atoms with van der Waals surface area (Å²) in [7, 11) is 0. The molecule has 1 N–H and O–H groups in total. The Morgan fingerprint density at radius 1 is 1.35 bits per heavy atom. The molecule has 1 aliphatic heterocycles. The lowest BCUT2D eigenvalue weighted by atomic mass is 9.82. The molecule has 17 heavy (non-hydrogen) atoms. The topological polar surface area (TPSA) is 76.0 Å². The number of carbonyl (C=O) groups is 2. The fourth-order valence-corrected chi connectivity index (χ4v) is 2.19. The Morgan fingerprint density at radius 3 is 2.59 bits per heavy atom. The molecule has 0 atom stereocenters. The highest BCUT2D eigenvalue weighted by atomic mass is 16.5. The fraction of sp³-hybridized carbons (Fsp3) is 0.583. The van der Waals surface area contributed by atoms with E-state index in [4.69, 9.17) is 9.84 Å². The second-order valence-corrected chi connectivity index (χ2v) is 4.49. The summed E-state index contributed by atoms with van der Waals surface area (Å²) in [6, 6.07) is 0. The lowest BCUT2D eigenvalue weighted by Gasteiger charge is -2.25. The van der Waals surface area contributed by atoms with Crippen LogP contribution in [-0.4, -0.2) is 29.5 Å². The second kappa shape index (κ2) is 5.12. The van der Waals surface area contributed by atoms with Crippen molar-refractivity contribution in [3.8, 4) is 0 Å². The number of amides is 1. The van der Waals surface area contributed by atoms with Gasteiger partial charge in [-0.05, 0) is 31.6 Å². The number of carboxylic acids is 1. The molecule has 0 aromatic heterocycles. The molecule has 0 saturated heterocycles. The first-order chi connectivity index (χ1) is 8.15. The molecule has 1 fully saturated rings. The number of aliphatic carboxylic acids is 1. The van der Waals surface area contributed by atoms with E-state index in [1.165, 1.54) is 6.08 Å². The minimum absolute atomic E-state index is 0.198. The smallest absolute Gasteiger partial charge is 0.306 e. The highest BCUT2D eigenvalue weighted by Crippen LogP contribution is 2.29. The summed E-state index contributed by atoms with van der Waals surface area (Å²) in [5, 5.41) is 8.86. The third kappa shape index (κ3) is 3.15. The van der Waals surface area contributed by atoms with E-state index in [0.717, 1.165) is 12.8 Å². The highest BCUT2D eigenvalue weighted by Gasteiger charge is 2.26. The van der Waals surface area contributed by atoms with Crippen LogP contribution in [0.1, 0.15) is 25.7 Å². The molecule has 0 radical (unpaired) electrons. The maximum absolute atomic E-state index is 10.8. The Hall–Kier alpha value is -1.65. The van der Waals surface area contributed by atoms with Crippen LogP contribution in [0.2, 0.25) is 0 Å². The average molecular weight is 237 g/mol. The van der Waals surface area contributed by atoms with E-state index in [0.29, 0.717) is 31.3 Å². The molecule has 0 bridgehead atoms. The van der Waals surface area contributed by atoms with Gasteiger partial charge in [0.25, 0.3) is 5.91 Å². The van der Waals surface area contributed by atoms with Crippen LogP contribution >= 0.6 is 0 Å². The molecule has 1 saturated carbocycles. The molecule has 0 spiro atoms. The quantitative estimate of drug-likeness (QED) is 0.804. The van der Waals surface area contributed by atoms with Gasteiger partial charge in [0, 0.05) is 12.2 Å². The molecular formula is C12H15NO4. The molecule has 1 amide bonds. The van der Waals surface area contributed by atoms with Gasteiger partial charge in [0.05, 0.1) is 12.5 Å². The van der Waals surface area contributed by atoms with Crippen molar-refractivity contribution in [2.75, 3.05) is 6.61 Å². The molecule has 0 aromatic rings. The van der Waals surface area contributed by atoms with E-state index >= 15 is 0 Å². The largest absolute Gasteiger partial charge is 0.481 e. The summed E-state index contributed by atoms with van der Waals surface area (Å²) in [4.78, 5) is 25.2. The van der Waals surface area contributed by atoms with Crippen LogP contribution in [-0.2, 0) is 14.3 Å². The van der Waals surface area contributed by atoms with Crippen LogP contribution in [0.4, 0.5) is 0 Å². The molecule has 1 aliphatic carbocycles.